The molecule has 0 heterocycles. The average molecular weight is 295 g/mol. The van der Waals surface area contributed by atoms with Crippen molar-refractivity contribution in [2.45, 2.75) is 46.5 Å². The topological polar surface area (TPSA) is 32.7 Å². The Morgan fingerprint density at radius 3 is 1.95 bits per heavy atom. The molecule has 0 aliphatic rings. The van der Waals surface area contributed by atoms with Crippen molar-refractivity contribution in [1.82, 2.24) is 0 Å². The van der Waals surface area contributed by atoms with Crippen LogP contribution in [0.2, 0.25) is 0 Å². The zero-order valence-electron chi connectivity index (χ0n) is 14.1. The Morgan fingerprint density at radius 1 is 0.952 bits per heavy atom. The normalized spacial score (nSPS) is 9.90. The minimum atomic E-state index is 0.211. The highest BCUT2D eigenvalue weighted by molar-refractivity contribution is 5.45. The molecule has 0 radical (unpaired) electrons. The maximum absolute atomic E-state index is 8.79. The van der Waals surface area contributed by atoms with E-state index in [0.29, 0.717) is 6.54 Å². The van der Waals surface area contributed by atoms with Crippen LogP contribution in [-0.4, -0.2) is 38.0 Å². The predicted octanol–water partition coefficient (Wildman–Crippen LogP) is 4.11. The fraction of sp³-hybridized carbons (Fsp3) is 0.667. The van der Waals surface area contributed by atoms with Crippen molar-refractivity contribution in [3.8, 4) is 0 Å². The van der Waals surface area contributed by atoms with E-state index in [-0.39, 0.29) is 6.61 Å². The summed E-state index contributed by atoms with van der Waals surface area (Å²) in [6.07, 6.45) is 4.91. The molecule has 122 valence electrons. The fourth-order valence-electron chi connectivity index (χ4n) is 1.82. The van der Waals surface area contributed by atoms with E-state index in [2.05, 4.69) is 37.8 Å². The van der Waals surface area contributed by atoms with E-state index in [9.17, 15) is 0 Å². The molecule has 0 atom stereocenters. The lowest BCUT2D eigenvalue weighted by atomic mass is 10.3. The van der Waals surface area contributed by atoms with Crippen LogP contribution in [0, 0.1) is 0 Å². The number of likely N-dealkylation sites (N-methyl/N-ethyl adjacent to an activating group) is 1. The second kappa shape index (κ2) is 15.3. The SMILES string of the molecule is CCCCOCCCC.CCN(CCO)c1ccccc1. The summed E-state index contributed by atoms with van der Waals surface area (Å²) in [4.78, 5) is 2.14. The van der Waals surface area contributed by atoms with Gasteiger partial charge in [0.25, 0.3) is 0 Å². The fourth-order valence-corrected chi connectivity index (χ4v) is 1.82. The van der Waals surface area contributed by atoms with E-state index >= 15 is 0 Å². The number of anilines is 1. The lowest BCUT2D eigenvalue weighted by Gasteiger charge is -2.21. The van der Waals surface area contributed by atoms with Crippen molar-refractivity contribution >= 4 is 5.69 Å². The number of aliphatic hydroxyl groups excluding tert-OH is 1. The van der Waals surface area contributed by atoms with Crippen LogP contribution in [0.25, 0.3) is 0 Å². The third kappa shape index (κ3) is 11.3. The minimum absolute atomic E-state index is 0.211. The van der Waals surface area contributed by atoms with Gasteiger partial charge >= 0.3 is 0 Å². The van der Waals surface area contributed by atoms with Crippen LogP contribution in [0.4, 0.5) is 5.69 Å². The highest BCUT2D eigenvalue weighted by atomic mass is 16.5. The number of aliphatic hydroxyl groups is 1. The van der Waals surface area contributed by atoms with Crippen LogP contribution in [-0.2, 0) is 4.74 Å². The van der Waals surface area contributed by atoms with Crippen LogP contribution < -0.4 is 4.90 Å². The second-order valence-corrected chi connectivity index (χ2v) is 4.96. The molecule has 1 rings (SSSR count). The molecule has 0 fully saturated rings. The van der Waals surface area contributed by atoms with E-state index in [1.54, 1.807) is 0 Å². The van der Waals surface area contributed by atoms with Crippen molar-refractivity contribution in [3.05, 3.63) is 30.3 Å². The first-order valence-electron chi connectivity index (χ1n) is 8.28. The molecule has 0 aromatic heterocycles. The van der Waals surface area contributed by atoms with Crippen molar-refractivity contribution in [2.75, 3.05) is 37.8 Å². The zero-order valence-corrected chi connectivity index (χ0v) is 14.1. The van der Waals surface area contributed by atoms with E-state index in [1.165, 1.54) is 31.4 Å². The Hall–Kier alpha value is -1.06. The first-order valence-corrected chi connectivity index (χ1v) is 8.28. The summed E-state index contributed by atoms with van der Waals surface area (Å²) in [5, 5.41) is 8.79. The van der Waals surface area contributed by atoms with Gasteiger partial charge in [0.1, 0.15) is 0 Å². The summed E-state index contributed by atoms with van der Waals surface area (Å²) < 4.78 is 5.31. The third-order valence-electron chi connectivity index (χ3n) is 3.16. The Bertz CT molecular complexity index is 297. The lowest BCUT2D eigenvalue weighted by Crippen LogP contribution is -2.25. The van der Waals surface area contributed by atoms with Crippen molar-refractivity contribution < 1.29 is 9.84 Å². The van der Waals surface area contributed by atoms with Crippen molar-refractivity contribution in [2.24, 2.45) is 0 Å². The first kappa shape index (κ1) is 19.9. The Labute approximate surface area is 130 Å². The second-order valence-electron chi connectivity index (χ2n) is 4.96. The van der Waals surface area contributed by atoms with E-state index in [4.69, 9.17) is 9.84 Å². The molecule has 0 unspecified atom stereocenters. The summed E-state index contributed by atoms with van der Waals surface area (Å²) >= 11 is 0. The minimum Gasteiger partial charge on any atom is -0.395 e. The van der Waals surface area contributed by atoms with Gasteiger partial charge in [-0.2, -0.15) is 0 Å². The predicted molar refractivity (Wildman–Crippen MR) is 92.0 cm³/mol. The van der Waals surface area contributed by atoms with Gasteiger partial charge in [0, 0.05) is 32.0 Å². The van der Waals surface area contributed by atoms with Gasteiger partial charge in [0.15, 0.2) is 0 Å². The van der Waals surface area contributed by atoms with Gasteiger partial charge in [-0.3, -0.25) is 0 Å². The highest BCUT2D eigenvalue weighted by Gasteiger charge is 2.00. The Balaban J connectivity index is 0.000000400. The van der Waals surface area contributed by atoms with E-state index in [0.717, 1.165) is 19.8 Å². The molecular weight excluding hydrogens is 262 g/mol. The average Bonchev–Trinajstić information content (AvgIpc) is 2.54. The third-order valence-corrected chi connectivity index (χ3v) is 3.16. The molecule has 0 spiro atoms. The van der Waals surface area contributed by atoms with Gasteiger partial charge in [0.2, 0.25) is 0 Å². The van der Waals surface area contributed by atoms with Crippen LogP contribution in [0.15, 0.2) is 30.3 Å². The molecule has 1 aromatic carbocycles. The number of ether oxygens (including phenoxy) is 1. The zero-order chi connectivity index (χ0) is 15.8. The molecule has 0 aliphatic carbocycles. The number of para-hydroxylation sites is 1. The Morgan fingerprint density at radius 2 is 1.52 bits per heavy atom. The van der Waals surface area contributed by atoms with Crippen LogP contribution >= 0.6 is 0 Å². The molecule has 0 saturated carbocycles. The highest BCUT2D eigenvalue weighted by Crippen LogP contribution is 2.11. The quantitative estimate of drug-likeness (QED) is 0.659. The monoisotopic (exact) mass is 295 g/mol. The number of rotatable bonds is 10. The largest absolute Gasteiger partial charge is 0.395 e. The molecule has 0 bridgehead atoms. The molecule has 3 nitrogen and oxygen atoms in total. The summed E-state index contributed by atoms with van der Waals surface area (Å²) in [6, 6.07) is 10.1. The molecule has 1 aromatic rings. The number of unbranched alkanes of at least 4 members (excludes halogenated alkanes) is 2. The van der Waals surface area contributed by atoms with Gasteiger partial charge in [0.05, 0.1) is 6.61 Å². The number of nitrogens with zero attached hydrogens (tertiary/aromatic N) is 1. The number of hydrogen-bond acceptors (Lipinski definition) is 3. The smallest absolute Gasteiger partial charge is 0.0606 e. The van der Waals surface area contributed by atoms with Crippen molar-refractivity contribution in [1.29, 1.82) is 0 Å². The van der Waals surface area contributed by atoms with Gasteiger partial charge in [-0.05, 0) is 31.9 Å². The molecule has 0 amide bonds. The lowest BCUT2D eigenvalue weighted by molar-refractivity contribution is 0.128. The van der Waals surface area contributed by atoms with Crippen LogP contribution in [0.5, 0.6) is 0 Å². The van der Waals surface area contributed by atoms with Gasteiger partial charge in [-0.1, -0.05) is 44.9 Å². The summed E-state index contributed by atoms with van der Waals surface area (Å²) in [6.45, 7) is 10.2. The van der Waals surface area contributed by atoms with Gasteiger partial charge < -0.3 is 14.7 Å². The summed E-state index contributed by atoms with van der Waals surface area (Å²) in [5.74, 6) is 0. The molecular formula is C18H33NO2. The molecule has 21 heavy (non-hydrogen) atoms. The number of hydrogen-bond donors (Lipinski definition) is 1. The Kier molecular flexibility index (Phi) is 14.6. The van der Waals surface area contributed by atoms with E-state index < -0.39 is 0 Å². The summed E-state index contributed by atoms with van der Waals surface area (Å²) in [5.41, 5.74) is 1.18. The molecule has 1 N–H and O–H groups in total. The van der Waals surface area contributed by atoms with Crippen LogP contribution in [0.3, 0.4) is 0 Å². The molecule has 3 heteroatoms. The summed E-state index contributed by atoms with van der Waals surface area (Å²) in [7, 11) is 0. The first-order chi connectivity index (χ1) is 10.3. The van der Waals surface area contributed by atoms with E-state index in [1.807, 2.05) is 18.2 Å². The number of benzene rings is 1. The molecule has 0 aliphatic heterocycles. The molecule has 0 saturated heterocycles. The van der Waals surface area contributed by atoms with Gasteiger partial charge in [-0.15, -0.1) is 0 Å². The van der Waals surface area contributed by atoms with Crippen molar-refractivity contribution in [3.63, 3.8) is 0 Å². The maximum Gasteiger partial charge on any atom is 0.0606 e. The van der Waals surface area contributed by atoms with Crippen LogP contribution in [0.1, 0.15) is 46.5 Å². The maximum atomic E-state index is 8.79. The standard InChI is InChI=1S/C10H15NO.C8H18O/c1-2-11(8-9-12)10-6-4-3-5-7-10;1-3-5-7-9-8-6-4-2/h3-7,12H,2,8-9H2,1H3;3-8H2,1-2H3. The van der Waals surface area contributed by atoms with Gasteiger partial charge in [-0.25, -0.2) is 0 Å².